The van der Waals surface area contributed by atoms with Crippen molar-refractivity contribution in [2.75, 3.05) is 12.4 Å². The van der Waals surface area contributed by atoms with E-state index in [1.165, 1.54) is 22.2 Å². The van der Waals surface area contributed by atoms with Gasteiger partial charge in [-0.2, -0.15) is 0 Å². The fourth-order valence-electron chi connectivity index (χ4n) is 4.50. The van der Waals surface area contributed by atoms with Crippen LogP contribution in [0.15, 0.2) is 72.6 Å². The molecular formula is C25H24N2O2. The molecule has 146 valence electrons. The van der Waals surface area contributed by atoms with Gasteiger partial charge in [0.1, 0.15) is 12.4 Å². The van der Waals surface area contributed by atoms with Gasteiger partial charge in [-0.3, -0.25) is 0 Å². The third-order valence-corrected chi connectivity index (χ3v) is 6.15. The molecule has 4 heteroatoms. The van der Waals surface area contributed by atoms with Gasteiger partial charge < -0.3 is 14.8 Å². The monoisotopic (exact) mass is 384 g/mol. The summed E-state index contributed by atoms with van der Waals surface area (Å²) in [5.74, 6) is 1.56. The van der Waals surface area contributed by atoms with E-state index >= 15 is 0 Å². The number of ether oxygens (including phenoxy) is 2. The van der Waals surface area contributed by atoms with Gasteiger partial charge in [-0.05, 0) is 60.2 Å². The molecular weight excluding hydrogens is 360 g/mol. The lowest BCUT2D eigenvalue weighted by Gasteiger charge is -2.30. The smallest absolute Gasteiger partial charge is 0.221 e. The molecule has 2 aromatic carbocycles. The number of pyridine rings is 1. The zero-order valence-electron chi connectivity index (χ0n) is 16.9. The van der Waals surface area contributed by atoms with Gasteiger partial charge in [0.2, 0.25) is 5.88 Å². The van der Waals surface area contributed by atoms with Crippen molar-refractivity contribution in [2.24, 2.45) is 0 Å². The summed E-state index contributed by atoms with van der Waals surface area (Å²) in [4.78, 5) is 4.40. The molecule has 2 aliphatic rings. The molecule has 0 bridgehead atoms. The summed E-state index contributed by atoms with van der Waals surface area (Å²) in [7, 11) is 1.67. The fourth-order valence-corrected chi connectivity index (χ4v) is 4.50. The van der Waals surface area contributed by atoms with E-state index in [4.69, 9.17) is 9.47 Å². The van der Waals surface area contributed by atoms with E-state index in [0.29, 0.717) is 12.5 Å². The molecule has 2 heterocycles. The van der Waals surface area contributed by atoms with Crippen molar-refractivity contribution in [2.45, 2.75) is 31.9 Å². The fraction of sp³-hybridized carbons (Fsp3) is 0.240. The van der Waals surface area contributed by atoms with E-state index in [9.17, 15) is 0 Å². The third kappa shape index (κ3) is 2.79. The maximum absolute atomic E-state index is 6.13. The first kappa shape index (κ1) is 17.8. The van der Waals surface area contributed by atoms with Crippen molar-refractivity contribution < 1.29 is 9.47 Å². The molecule has 0 spiro atoms. The van der Waals surface area contributed by atoms with Crippen LogP contribution in [0.4, 0.5) is 5.69 Å². The van der Waals surface area contributed by atoms with Crippen molar-refractivity contribution >= 4 is 16.5 Å². The van der Waals surface area contributed by atoms with Crippen molar-refractivity contribution in [1.82, 2.24) is 4.98 Å². The Morgan fingerprint density at radius 2 is 1.97 bits per heavy atom. The first-order valence-electron chi connectivity index (χ1n) is 9.91. The molecule has 1 aromatic heterocycles. The topological polar surface area (TPSA) is 43.4 Å². The van der Waals surface area contributed by atoms with Gasteiger partial charge in [0, 0.05) is 22.7 Å². The quantitative estimate of drug-likeness (QED) is 0.665. The lowest BCUT2D eigenvalue weighted by molar-refractivity contribution is 0.205. The molecule has 3 aromatic rings. The van der Waals surface area contributed by atoms with Crippen LogP contribution in [0.25, 0.3) is 10.8 Å². The number of anilines is 1. The zero-order chi connectivity index (χ0) is 20.0. The number of nitrogens with one attached hydrogen (secondary N) is 1. The maximum Gasteiger partial charge on any atom is 0.221 e. The number of aromatic nitrogens is 1. The second-order valence-corrected chi connectivity index (χ2v) is 7.92. The minimum Gasteiger partial charge on any atom is -0.489 e. The minimum atomic E-state index is -0.199. The Balaban J connectivity index is 1.56. The Bertz CT molecular complexity index is 1150. The van der Waals surface area contributed by atoms with E-state index < -0.39 is 0 Å². The summed E-state index contributed by atoms with van der Waals surface area (Å²) >= 11 is 0. The van der Waals surface area contributed by atoms with Crippen LogP contribution in [0.2, 0.25) is 0 Å². The first-order valence-corrected chi connectivity index (χ1v) is 9.91. The normalized spacial score (nSPS) is 21.9. The molecule has 0 fully saturated rings. The summed E-state index contributed by atoms with van der Waals surface area (Å²) < 4.78 is 11.7. The molecule has 2 unspecified atom stereocenters. The van der Waals surface area contributed by atoms with Crippen molar-refractivity contribution in [3.8, 4) is 5.88 Å². The van der Waals surface area contributed by atoms with Gasteiger partial charge >= 0.3 is 0 Å². The summed E-state index contributed by atoms with van der Waals surface area (Å²) in [6, 6.07) is 14.7. The highest BCUT2D eigenvalue weighted by atomic mass is 16.5. The lowest BCUT2D eigenvalue weighted by Crippen LogP contribution is -2.35. The molecule has 1 aliphatic heterocycles. The average Bonchev–Trinajstić information content (AvgIpc) is 3.05. The van der Waals surface area contributed by atoms with Crippen molar-refractivity contribution in [3.63, 3.8) is 0 Å². The SMILES string of the molecule is COc1nccc2c(C)c3c(cc12)C1(C)C=C(OCc2ccccc2)C=CC1N3. The number of benzene rings is 2. The second kappa shape index (κ2) is 6.66. The van der Waals surface area contributed by atoms with Gasteiger partial charge in [-0.1, -0.05) is 36.4 Å². The molecule has 0 radical (unpaired) electrons. The summed E-state index contributed by atoms with van der Waals surface area (Å²) in [6.07, 6.45) is 8.33. The van der Waals surface area contributed by atoms with E-state index in [1.54, 1.807) is 13.3 Å². The second-order valence-electron chi connectivity index (χ2n) is 7.92. The molecule has 29 heavy (non-hydrogen) atoms. The largest absolute Gasteiger partial charge is 0.489 e. The van der Waals surface area contributed by atoms with Crippen molar-refractivity contribution in [3.05, 3.63) is 89.3 Å². The van der Waals surface area contributed by atoms with E-state index in [-0.39, 0.29) is 11.5 Å². The molecule has 1 N–H and O–H groups in total. The van der Waals surface area contributed by atoms with Crippen LogP contribution in [0.5, 0.6) is 5.88 Å². The van der Waals surface area contributed by atoms with Gasteiger partial charge in [0.25, 0.3) is 0 Å². The summed E-state index contributed by atoms with van der Waals surface area (Å²) in [5, 5.41) is 5.93. The van der Waals surface area contributed by atoms with Crippen LogP contribution in [0.3, 0.4) is 0 Å². The van der Waals surface area contributed by atoms with E-state index in [0.717, 1.165) is 16.7 Å². The summed E-state index contributed by atoms with van der Waals surface area (Å²) in [5.41, 5.74) is 4.64. The number of aryl methyl sites for hydroxylation is 1. The number of hydrogen-bond donors (Lipinski definition) is 1. The highest BCUT2D eigenvalue weighted by Gasteiger charge is 2.43. The number of hydrogen-bond acceptors (Lipinski definition) is 4. The third-order valence-electron chi connectivity index (χ3n) is 6.15. The zero-order valence-corrected chi connectivity index (χ0v) is 16.9. The number of rotatable bonds is 4. The molecule has 0 amide bonds. The Morgan fingerprint density at radius 3 is 2.76 bits per heavy atom. The van der Waals surface area contributed by atoms with Crippen LogP contribution in [0.1, 0.15) is 23.6 Å². The predicted octanol–water partition coefficient (Wildman–Crippen LogP) is 5.27. The predicted molar refractivity (Wildman–Crippen MR) is 116 cm³/mol. The Hall–Kier alpha value is -3.27. The Labute approximate surface area is 170 Å². The number of fused-ring (bicyclic) bond motifs is 4. The Morgan fingerprint density at radius 1 is 1.14 bits per heavy atom. The first-order chi connectivity index (χ1) is 14.1. The van der Waals surface area contributed by atoms with Crippen LogP contribution in [-0.4, -0.2) is 18.1 Å². The molecule has 5 rings (SSSR count). The van der Waals surface area contributed by atoms with Crippen LogP contribution < -0.4 is 10.1 Å². The van der Waals surface area contributed by atoms with Crippen molar-refractivity contribution in [1.29, 1.82) is 0 Å². The number of nitrogens with zero attached hydrogens (tertiary/aromatic N) is 1. The van der Waals surface area contributed by atoms with Gasteiger partial charge in [0.05, 0.1) is 13.2 Å². The molecule has 0 saturated heterocycles. The summed E-state index contributed by atoms with van der Waals surface area (Å²) in [6.45, 7) is 4.99. The highest BCUT2D eigenvalue weighted by molar-refractivity contribution is 5.96. The number of methoxy groups -OCH3 is 1. The van der Waals surface area contributed by atoms with Gasteiger partial charge in [0.15, 0.2) is 0 Å². The standard InChI is InChI=1S/C25H24N2O2/c1-16-19-11-12-26-24(28-3)20(19)13-21-23(16)27-22-10-9-18(14-25(21,22)2)29-15-17-7-5-4-6-8-17/h4-14,22,27H,15H2,1-3H3. The van der Waals surface area contributed by atoms with Crippen LogP contribution in [0, 0.1) is 6.92 Å². The minimum absolute atomic E-state index is 0.191. The van der Waals surface area contributed by atoms with Gasteiger partial charge in [-0.25, -0.2) is 4.98 Å². The van der Waals surface area contributed by atoms with E-state index in [2.05, 4.69) is 66.6 Å². The number of allylic oxidation sites excluding steroid dienone is 1. The molecule has 1 aliphatic carbocycles. The molecule has 4 nitrogen and oxygen atoms in total. The molecule has 2 atom stereocenters. The average molecular weight is 384 g/mol. The lowest BCUT2D eigenvalue weighted by atomic mass is 9.75. The van der Waals surface area contributed by atoms with E-state index in [1.807, 2.05) is 18.2 Å². The highest BCUT2D eigenvalue weighted by Crippen LogP contribution is 2.49. The maximum atomic E-state index is 6.13. The van der Waals surface area contributed by atoms with Crippen LogP contribution in [-0.2, 0) is 16.8 Å². The Kier molecular flexibility index (Phi) is 4.09. The molecule has 0 saturated carbocycles. The van der Waals surface area contributed by atoms with Gasteiger partial charge in [-0.15, -0.1) is 0 Å². The van der Waals surface area contributed by atoms with Crippen LogP contribution >= 0.6 is 0 Å².